The molecule has 1 saturated heterocycles. The number of piperidine rings is 1. The van der Waals surface area contributed by atoms with Crippen LogP contribution in [-0.2, 0) is 11.3 Å². The Labute approximate surface area is 172 Å². The van der Waals surface area contributed by atoms with E-state index in [0.29, 0.717) is 16.6 Å². The Morgan fingerprint density at radius 3 is 2.44 bits per heavy atom. The van der Waals surface area contributed by atoms with Crippen LogP contribution in [0.2, 0.25) is 10.0 Å². The summed E-state index contributed by atoms with van der Waals surface area (Å²) in [7, 11) is 1.87. The smallest absolute Gasteiger partial charge is 0.224 e. The second-order valence-corrected chi connectivity index (χ2v) is 7.08. The molecule has 4 nitrogen and oxygen atoms in total. The first-order valence-corrected chi connectivity index (χ1v) is 8.86. The van der Waals surface area contributed by atoms with Gasteiger partial charge in [0.15, 0.2) is 0 Å². The molecule has 0 spiro atoms. The first-order valence-electron chi connectivity index (χ1n) is 8.11. The van der Waals surface area contributed by atoms with Crippen LogP contribution in [-0.4, -0.2) is 43.5 Å². The van der Waals surface area contributed by atoms with Gasteiger partial charge in [-0.25, -0.2) is 0 Å². The molecule has 0 saturated carbocycles. The van der Waals surface area contributed by atoms with E-state index in [1.54, 1.807) is 0 Å². The average molecular weight is 431 g/mol. The van der Waals surface area contributed by atoms with Gasteiger partial charge in [0.25, 0.3) is 0 Å². The average Bonchev–Trinajstić information content (AvgIpc) is 2.53. The first kappa shape index (κ1) is 24.8. The maximum atomic E-state index is 12.1. The predicted molar refractivity (Wildman–Crippen MR) is 110 cm³/mol. The van der Waals surface area contributed by atoms with Gasteiger partial charge in [-0.15, -0.1) is 24.8 Å². The van der Waals surface area contributed by atoms with E-state index in [4.69, 9.17) is 23.2 Å². The lowest BCUT2D eigenvalue weighted by Gasteiger charge is -2.33. The van der Waals surface area contributed by atoms with Crippen molar-refractivity contribution in [1.82, 2.24) is 15.5 Å². The fraction of sp³-hybridized carbons (Fsp3) is 0.588. The minimum Gasteiger partial charge on any atom is -0.353 e. The highest BCUT2D eigenvalue weighted by atomic mass is 35.5. The van der Waals surface area contributed by atoms with Crippen molar-refractivity contribution in [3.05, 3.63) is 33.8 Å². The molecule has 0 aromatic heterocycles. The van der Waals surface area contributed by atoms with Crippen LogP contribution < -0.4 is 10.6 Å². The lowest BCUT2D eigenvalue weighted by Crippen LogP contribution is -2.46. The van der Waals surface area contributed by atoms with Crippen LogP contribution in [0.5, 0.6) is 0 Å². The third kappa shape index (κ3) is 7.90. The minimum absolute atomic E-state index is 0. The lowest BCUT2D eigenvalue weighted by atomic mass is 10.0. The van der Waals surface area contributed by atoms with Crippen molar-refractivity contribution in [2.24, 2.45) is 5.92 Å². The first-order chi connectivity index (χ1) is 11.0. The molecule has 2 N–H and O–H groups in total. The number of benzene rings is 1. The van der Waals surface area contributed by atoms with Gasteiger partial charge in [-0.05, 0) is 37.6 Å². The molecule has 0 bridgehead atoms. The van der Waals surface area contributed by atoms with Crippen molar-refractivity contribution in [2.75, 3.05) is 26.7 Å². The number of carbonyl (C=O) groups excluding carboxylic acids is 1. The van der Waals surface area contributed by atoms with E-state index in [1.807, 2.05) is 32.2 Å². The molecule has 0 radical (unpaired) electrons. The van der Waals surface area contributed by atoms with Crippen molar-refractivity contribution >= 4 is 53.9 Å². The van der Waals surface area contributed by atoms with Gasteiger partial charge in [0.1, 0.15) is 0 Å². The van der Waals surface area contributed by atoms with E-state index in [2.05, 4.69) is 15.5 Å². The normalized spacial score (nSPS) is 16.5. The number of hydrogen-bond acceptors (Lipinski definition) is 3. The molecule has 1 unspecified atom stereocenters. The van der Waals surface area contributed by atoms with Crippen LogP contribution in [0, 0.1) is 5.92 Å². The predicted octanol–water partition coefficient (Wildman–Crippen LogP) is 3.77. The summed E-state index contributed by atoms with van der Waals surface area (Å²) in [5.41, 5.74) is 1.17. The number of hydrogen-bond donors (Lipinski definition) is 2. The highest BCUT2D eigenvalue weighted by molar-refractivity contribution is 6.42. The van der Waals surface area contributed by atoms with E-state index in [1.165, 1.54) is 5.56 Å². The largest absolute Gasteiger partial charge is 0.353 e. The van der Waals surface area contributed by atoms with E-state index in [-0.39, 0.29) is 42.7 Å². The van der Waals surface area contributed by atoms with Crippen LogP contribution >= 0.6 is 48.0 Å². The number of likely N-dealkylation sites (tertiary alicyclic amines) is 1. The number of nitrogens with zero attached hydrogens (tertiary/aromatic N) is 1. The molecule has 1 aromatic rings. The Hall–Kier alpha value is -0.230. The van der Waals surface area contributed by atoms with Gasteiger partial charge in [0.05, 0.1) is 10.0 Å². The number of carbonyl (C=O) groups is 1. The zero-order chi connectivity index (χ0) is 16.8. The number of nitrogens with one attached hydrogen (secondary N) is 2. The topological polar surface area (TPSA) is 44.4 Å². The van der Waals surface area contributed by atoms with Crippen molar-refractivity contribution in [3.8, 4) is 0 Å². The summed E-state index contributed by atoms with van der Waals surface area (Å²) in [4.78, 5) is 14.4. The van der Waals surface area contributed by atoms with Crippen LogP contribution in [0.15, 0.2) is 18.2 Å². The second-order valence-electron chi connectivity index (χ2n) is 6.27. The molecule has 1 aromatic carbocycles. The molecule has 8 heteroatoms. The molecule has 1 amide bonds. The SMILES string of the molecule is CNCC(C)C(=O)NC1CCN(Cc2ccc(Cl)c(Cl)c2)CC1.Cl.Cl. The van der Waals surface area contributed by atoms with Crippen LogP contribution in [0.1, 0.15) is 25.3 Å². The highest BCUT2D eigenvalue weighted by Crippen LogP contribution is 2.24. The molecule has 1 heterocycles. The Balaban J connectivity index is 0.00000288. The Morgan fingerprint density at radius 2 is 1.88 bits per heavy atom. The van der Waals surface area contributed by atoms with Crippen molar-refractivity contribution in [2.45, 2.75) is 32.4 Å². The summed E-state index contributed by atoms with van der Waals surface area (Å²) in [6.45, 7) is 5.48. The maximum absolute atomic E-state index is 12.1. The standard InChI is InChI=1S/C17H25Cl2N3O.2ClH/c1-12(10-20-2)17(23)21-14-5-7-22(8-6-14)11-13-3-4-15(18)16(19)9-13;;/h3-4,9,12,14,20H,5-8,10-11H2,1-2H3,(H,21,23);2*1H. The fourth-order valence-corrected chi connectivity index (χ4v) is 3.19. The summed E-state index contributed by atoms with van der Waals surface area (Å²) in [6.07, 6.45) is 1.97. The Morgan fingerprint density at radius 1 is 1.24 bits per heavy atom. The van der Waals surface area contributed by atoms with Gasteiger partial charge in [0, 0.05) is 38.1 Å². The third-order valence-corrected chi connectivity index (χ3v) is 5.02. The zero-order valence-electron chi connectivity index (χ0n) is 14.6. The van der Waals surface area contributed by atoms with Gasteiger partial charge >= 0.3 is 0 Å². The number of rotatable bonds is 6. The van der Waals surface area contributed by atoms with Crippen LogP contribution in [0.3, 0.4) is 0 Å². The molecule has 2 rings (SSSR count). The molecular weight excluding hydrogens is 404 g/mol. The summed E-state index contributed by atoms with van der Waals surface area (Å²) in [5, 5.41) is 7.39. The van der Waals surface area contributed by atoms with Gasteiger partial charge in [0.2, 0.25) is 5.91 Å². The van der Waals surface area contributed by atoms with E-state index >= 15 is 0 Å². The van der Waals surface area contributed by atoms with E-state index < -0.39 is 0 Å². The quantitative estimate of drug-likeness (QED) is 0.721. The fourth-order valence-electron chi connectivity index (χ4n) is 2.87. The summed E-state index contributed by atoms with van der Waals surface area (Å²) >= 11 is 12.0. The Bertz CT molecular complexity index is 537. The monoisotopic (exact) mass is 429 g/mol. The van der Waals surface area contributed by atoms with Gasteiger partial charge in [-0.2, -0.15) is 0 Å². The van der Waals surface area contributed by atoms with E-state index in [9.17, 15) is 4.79 Å². The van der Waals surface area contributed by atoms with Gasteiger partial charge in [-0.3, -0.25) is 9.69 Å². The third-order valence-electron chi connectivity index (χ3n) is 4.28. The summed E-state index contributed by atoms with van der Waals surface area (Å²) < 4.78 is 0. The molecule has 144 valence electrons. The molecule has 0 aliphatic carbocycles. The van der Waals surface area contributed by atoms with Crippen LogP contribution in [0.4, 0.5) is 0 Å². The molecular formula is C17H27Cl4N3O. The maximum Gasteiger partial charge on any atom is 0.224 e. The molecule has 25 heavy (non-hydrogen) atoms. The number of halogens is 4. The van der Waals surface area contributed by atoms with Crippen molar-refractivity contribution < 1.29 is 4.79 Å². The lowest BCUT2D eigenvalue weighted by molar-refractivity contribution is -0.125. The minimum atomic E-state index is 0. The summed E-state index contributed by atoms with van der Waals surface area (Å²) in [5.74, 6) is 0.150. The molecule has 1 fully saturated rings. The molecule has 1 atom stereocenters. The highest BCUT2D eigenvalue weighted by Gasteiger charge is 2.22. The van der Waals surface area contributed by atoms with Crippen molar-refractivity contribution in [1.29, 1.82) is 0 Å². The van der Waals surface area contributed by atoms with Gasteiger partial charge in [-0.1, -0.05) is 36.2 Å². The molecule has 1 aliphatic heterocycles. The Kier molecular flexibility index (Phi) is 12.1. The number of amides is 1. The summed E-state index contributed by atoms with van der Waals surface area (Å²) in [6, 6.07) is 6.07. The molecule has 1 aliphatic rings. The zero-order valence-corrected chi connectivity index (χ0v) is 17.7. The van der Waals surface area contributed by atoms with E-state index in [0.717, 1.165) is 32.5 Å². The van der Waals surface area contributed by atoms with Gasteiger partial charge < -0.3 is 10.6 Å². The van der Waals surface area contributed by atoms with Crippen LogP contribution in [0.25, 0.3) is 0 Å². The van der Waals surface area contributed by atoms with Crippen molar-refractivity contribution in [3.63, 3.8) is 0 Å². The second kappa shape index (κ2) is 12.2.